The topological polar surface area (TPSA) is 55.6 Å². The summed E-state index contributed by atoms with van der Waals surface area (Å²) in [5.41, 5.74) is 3.44. The first-order valence-corrected chi connectivity index (χ1v) is 7.51. The quantitative estimate of drug-likeness (QED) is 0.622. The SMILES string of the molecule is Fc1ccc(Cn2cnc3ccc(Nc4cccnc4)nc32)cc1. The molecule has 0 saturated carbocycles. The molecule has 0 atom stereocenters. The van der Waals surface area contributed by atoms with E-state index in [9.17, 15) is 4.39 Å². The Morgan fingerprint density at radius 2 is 1.92 bits per heavy atom. The van der Waals surface area contributed by atoms with Crippen LogP contribution in [0.3, 0.4) is 0 Å². The minimum Gasteiger partial charge on any atom is -0.339 e. The van der Waals surface area contributed by atoms with Gasteiger partial charge < -0.3 is 9.88 Å². The molecular weight excluding hydrogens is 305 g/mol. The van der Waals surface area contributed by atoms with Crippen LogP contribution in [0.15, 0.2) is 67.3 Å². The molecule has 3 heterocycles. The Labute approximate surface area is 137 Å². The van der Waals surface area contributed by atoms with E-state index >= 15 is 0 Å². The van der Waals surface area contributed by atoms with Crippen molar-refractivity contribution in [1.29, 1.82) is 0 Å². The molecule has 4 rings (SSSR count). The minimum absolute atomic E-state index is 0.240. The summed E-state index contributed by atoms with van der Waals surface area (Å²) >= 11 is 0. The van der Waals surface area contributed by atoms with Crippen molar-refractivity contribution in [2.75, 3.05) is 5.32 Å². The normalized spacial score (nSPS) is 10.9. The fourth-order valence-corrected chi connectivity index (χ4v) is 2.50. The standard InChI is InChI=1S/C18H14FN5/c19-14-5-3-13(4-6-14)11-24-12-21-16-7-8-17(23-18(16)24)22-15-2-1-9-20-10-15/h1-10,12H,11H2,(H,22,23). The van der Waals surface area contributed by atoms with E-state index in [2.05, 4.69) is 20.3 Å². The molecule has 0 bridgehead atoms. The summed E-state index contributed by atoms with van der Waals surface area (Å²) in [6.45, 7) is 0.583. The van der Waals surface area contributed by atoms with Gasteiger partial charge in [-0.15, -0.1) is 0 Å². The van der Waals surface area contributed by atoms with Crippen molar-refractivity contribution in [3.8, 4) is 0 Å². The van der Waals surface area contributed by atoms with Gasteiger partial charge in [0.05, 0.1) is 24.8 Å². The Balaban J connectivity index is 1.64. The number of nitrogens with one attached hydrogen (secondary N) is 1. The van der Waals surface area contributed by atoms with Gasteiger partial charge in [-0.25, -0.2) is 14.4 Å². The van der Waals surface area contributed by atoms with Gasteiger partial charge >= 0.3 is 0 Å². The van der Waals surface area contributed by atoms with Crippen molar-refractivity contribution >= 4 is 22.7 Å². The Kier molecular flexibility index (Phi) is 3.63. The van der Waals surface area contributed by atoms with Crippen LogP contribution < -0.4 is 5.32 Å². The predicted molar refractivity (Wildman–Crippen MR) is 90.5 cm³/mol. The summed E-state index contributed by atoms with van der Waals surface area (Å²) in [4.78, 5) is 13.1. The van der Waals surface area contributed by atoms with E-state index in [1.54, 1.807) is 30.9 Å². The Morgan fingerprint density at radius 1 is 1.04 bits per heavy atom. The molecule has 0 fully saturated rings. The lowest BCUT2D eigenvalue weighted by Gasteiger charge is -2.07. The lowest BCUT2D eigenvalue weighted by molar-refractivity contribution is 0.626. The monoisotopic (exact) mass is 319 g/mol. The number of hydrogen-bond acceptors (Lipinski definition) is 4. The Bertz CT molecular complexity index is 964. The third-order valence-electron chi connectivity index (χ3n) is 3.66. The van der Waals surface area contributed by atoms with Gasteiger partial charge in [-0.1, -0.05) is 12.1 Å². The highest BCUT2D eigenvalue weighted by Gasteiger charge is 2.07. The molecule has 0 aliphatic heterocycles. The minimum atomic E-state index is -0.240. The average molecular weight is 319 g/mol. The number of anilines is 2. The van der Waals surface area contributed by atoms with E-state index < -0.39 is 0 Å². The molecule has 3 aromatic heterocycles. The van der Waals surface area contributed by atoms with Gasteiger partial charge in [0, 0.05) is 6.20 Å². The number of benzene rings is 1. The van der Waals surface area contributed by atoms with Crippen LogP contribution in [0.25, 0.3) is 11.2 Å². The van der Waals surface area contributed by atoms with Crippen molar-refractivity contribution in [3.05, 3.63) is 78.6 Å². The Hall–Kier alpha value is -3.28. The number of nitrogens with zero attached hydrogens (tertiary/aromatic N) is 4. The second-order valence-corrected chi connectivity index (χ2v) is 5.40. The van der Waals surface area contributed by atoms with Gasteiger partial charge in [-0.2, -0.15) is 0 Å². The second-order valence-electron chi connectivity index (χ2n) is 5.40. The van der Waals surface area contributed by atoms with Crippen molar-refractivity contribution in [3.63, 3.8) is 0 Å². The van der Waals surface area contributed by atoms with Gasteiger partial charge in [-0.3, -0.25) is 4.98 Å². The summed E-state index contributed by atoms with van der Waals surface area (Å²) in [6.07, 6.45) is 5.20. The predicted octanol–water partition coefficient (Wildman–Crippen LogP) is 3.76. The smallest absolute Gasteiger partial charge is 0.162 e. The van der Waals surface area contributed by atoms with Crippen LogP contribution in [-0.4, -0.2) is 19.5 Å². The van der Waals surface area contributed by atoms with E-state index in [0.717, 1.165) is 28.2 Å². The van der Waals surface area contributed by atoms with Crippen LogP contribution in [0, 0.1) is 5.82 Å². The number of halogens is 1. The number of pyridine rings is 2. The molecule has 0 amide bonds. The van der Waals surface area contributed by atoms with E-state index in [0.29, 0.717) is 6.54 Å². The summed E-state index contributed by atoms with van der Waals surface area (Å²) in [6, 6.07) is 14.0. The van der Waals surface area contributed by atoms with E-state index in [-0.39, 0.29) is 5.82 Å². The first-order valence-electron chi connectivity index (χ1n) is 7.51. The molecule has 1 aromatic carbocycles. The zero-order chi connectivity index (χ0) is 16.4. The molecule has 0 aliphatic rings. The fraction of sp³-hybridized carbons (Fsp3) is 0.0556. The van der Waals surface area contributed by atoms with Gasteiger partial charge in [0.2, 0.25) is 0 Å². The van der Waals surface area contributed by atoms with Crippen molar-refractivity contribution < 1.29 is 4.39 Å². The van der Waals surface area contributed by atoms with Gasteiger partial charge in [0.1, 0.15) is 17.2 Å². The van der Waals surface area contributed by atoms with Crippen LogP contribution in [0.1, 0.15) is 5.56 Å². The molecule has 4 aromatic rings. The summed E-state index contributed by atoms with van der Waals surface area (Å²) in [5.74, 6) is 0.478. The first-order chi connectivity index (χ1) is 11.8. The van der Waals surface area contributed by atoms with Crippen LogP contribution >= 0.6 is 0 Å². The molecule has 6 heteroatoms. The number of hydrogen-bond donors (Lipinski definition) is 1. The average Bonchev–Trinajstić information content (AvgIpc) is 3.00. The van der Waals surface area contributed by atoms with Crippen LogP contribution in [-0.2, 0) is 6.54 Å². The molecule has 1 N–H and O–H groups in total. The summed E-state index contributed by atoms with van der Waals surface area (Å²) in [7, 11) is 0. The molecule has 0 unspecified atom stereocenters. The van der Waals surface area contributed by atoms with Gasteiger partial charge in [-0.05, 0) is 42.0 Å². The zero-order valence-electron chi connectivity index (χ0n) is 12.7. The maximum absolute atomic E-state index is 13.0. The van der Waals surface area contributed by atoms with Crippen LogP contribution in [0.2, 0.25) is 0 Å². The molecule has 118 valence electrons. The zero-order valence-corrected chi connectivity index (χ0v) is 12.7. The molecule has 0 radical (unpaired) electrons. The third-order valence-corrected chi connectivity index (χ3v) is 3.66. The largest absolute Gasteiger partial charge is 0.339 e. The highest BCUT2D eigenvalue weighted by molar-refractivity contribution is 5.74. The van der Waals surface area contributed by atoms with E-state index in [1.807, 2.05) is 28.8 Å². The van der Waals surface area contributed by atoms with Crippen LogP contribution in [0.5, 0.6) is 0 Å². The molecule has 0 spiro atoms. The second kappa shape index (κ2) is 6.08. The number of aromatic nitrogens is 4. The number of rotatable bonds is 4. The molecule has 0 aliphatic carbocycles. The van der Waals surface area contributed by atoms with Gasteiger partial charge in [0.15, 0.2) is 5.65 Å². The third kappa shape index (κ3) is 2.94. The first kappa shape index (κ1) is 14.3. The highest BCUT2D eigenvalue weighted by Crippen LogP contribution is 2.18. The fourth-order valence-electron chi connectivity index (χ4n) is 2.50. The maximum atomic E-state index is 13.0. The summed E-state index contributed by atoms with van der Waals surface area (Å²) < 4.78 is 15.0. The highest BCUT2D eigenvalue weighted by atomic mass is 19.1. The van der Waals surface area contributed by atoms with Crippen LogP contribution in [0.4, 0.5) is 15.9 Å². The van der Waals surface area contributed by atoms with Gasteiger partial charge in [0.25, 0.3) is 0 Å². The number of imidazole rings is 1. The molecule has 5 nitrogen and oxygen atoms in total. The van der Waals surface area contributed by atoms with E-state index in [4.69, 9.17) is 0 Å². The Morgan fingerprint density at radius 3 is 2.71 bits per heavy atom. The maximum Gasteiger partial charge on any atom is 0.162 e. The van der Waals surface area contributed by atoms with Crippen molar-refractivity contribution in [1.82, 2.24) is 19.5 Å². The molecule has 0 saturated heterocycles. The summed E-state index contributed by atoms with van der Waals surface area (Å²) in [5, 5.41) is 3.22. The van der Waals surface area contributed by atoms with Crippen molar-refractivity contribution in [2.24, 2.45) is 0 Å². The number of fused-ring (bicyclic) bond motifs is 1. The van der Waals surface area contributed by atoms with E-state index in [1.165, 1.54) is 12.1 Å². The lowest BCUT2D eigenvalue weighted by Crippen LogP contribution is -2.01. The molecule has 24 heavy (non-hydrogen) atoms. The van der Waals surface area contributed by atoms with Crippen molar-refractivity contribution in [2.45, 2.75) is 6.54 Å². The molecular formula is C18H14FN5. The lowest BCUT2D eigenvalue weighted by atomic mass is 10.2.